The molecule has 0 atom stereocenters. The first kappa shape index (κ1) is 25.6. The van der Waals surface area contributed by atoms with Crippen LogP contribution in [0.5, 0.6) is 23.0 Å². The third-order valence-corrected chi connectivity index (χ3v) is 6.26. The van der Waals surface area contributed by atoms with Crippen LogP contribution in [0.2, 0.25) is 0 Å². The molecule has 37 heavy (non-hydrogen) atoms. The summed E-state index contributed by atoms with van der Waals surface area (Å²) >= 11 is 0. The van der Waals surface area contributed by atoms with Crippen LogP contribution in [0.4, 0.5) is 5.69 Å². The van der Waals surface area contributed by atoms with Gasteiger partial charge in [0.2, 0.25) is 5.75 Å². The normalized spacial score (nSPS) is 10.8. The first-order valence-corrected chi connectivity index (χ1v) is 11.7. The predicted molar refractivity (Wildman–Crippen MR) is 144 cm³/mol. The fraction of sp³-hybridized carbons (Fsp3) is 0.241. The number of amides is 1. The van der Waals surface area contributed by atoms with Crippen LogP contribution in [0.15, 0.2) is 59.4 Å². The Morgan fingerprint density at radius 1 is 0.838 bits per heavy atom. The highest BCUT2D eigenvalue weighted by Crippen LogP contribution is 2.39. The minimum absolute atomic E-state index is 0.0435. The van der Waals surface area contributed by atoms with E-state index in [4.69, 9.17) is 18.9 Å². The number of fused-ring (bicyclic) bond motifs is 1. The Morgan fingerprint density at radius 3 is 2.14 bits per heavy atom. The minimum Gasteiger partial charge on any atom is -0.497 e. The van der Waals surface area contributed by atoms with Crippen molar-refractivity contribution in [3.63, 3.8) is 0 Å². The molecule has 0 spiro atoms. The first-order chi connectivity index (χ1) is 17.8. The number of benzene rings is 3. The second kappa shape index (κ2) is 10.7. The molecule has 4 rings (SSSR count). The monoisotopic (exact) mass is 502 g/mol. The van der Waals surface area contributed by atoms with Crippen molar-refractivity contribution in [3.8, 4) is 23.0 Å². The molecule has 0 saturated carbocycles. The van der Waals surface area contributed by atoms with Gasteiger partial charge in [0, 0.05) is 27.7 Å². The molecule has 1 amide bonds. The highest BCUT2D eigenvalue weighted by atomic mass is 16.5. The summed E-state index contributed by atoms with van der Waals surface area (Å²) in [5, 5.41) is 0.801. The van der Waals surface area contributed by atoms with E-state index in [9.17, 15) is 9.59 Å². The van der Waals surface area contributed by atoms with E-state index in [-0.39, 0.29) is 18.0 Å². The van der Waals surface area contributed by atoms with Crippen LogP contribution in [-0.4, -0.2) is 39.3 Å². The second-order valence-corrected chi connectivity index (χ2v) is 8.67. The molecule has 0 aliphatic carbocycles. The average molecular weight is 503 g/mol. The molecule has 4 aromatic rings. The number of anilines is 1. The van der Waals surface area contributed by atoms with Gasteiger partial charge in [0.15, 0.2) is 11.5 Å². The maximum absolute atomic E-state index is 14.0. The standard InChI is InChI=1S/C29H30N2O6/c1-17-7-10-24(18(2)11-17)31(29(33)20-14-25(35-4)27(37-6)26(15-20)36-5)16-21-12-19-13-22(34-3)8-9-23(19)30-28(21)32/h7-15H,16H2,1-6H3,(H,30,32). The number of hydrogen-bond acceptors (Lipinski definition) is 6. The highest BCUT2D eigenvalue weighted by Gasteiger charge is 2.25. The number of carbonyl (C=O) groups excluding carboxylic acids is 1. The van der Waals surface area contributed by atoms with E-state index in [0.717, 1.165) is 16.5 Å². The lowest BCUT2D eigenvalue weighted by Gasteiger charge is -2.26. The topological polar surface area (TPSA) is 90.1 Å². The van der Waals surface area contributed by atoms with Gasteiger partial charge in [0.05, 0.1) is 35.0 Å². The number of aromatic amines is 1. The predicted octanol–water partition coefficient (Wildman–Crippen LogP) is 5.03. The van der Waals surface area contributed by atoms with Crippen molar-refractivity contribution in [3.05, 3.63) is 87.2 Å². The number of nitrogens with zero attached hydrogens (tertiary/aromatic N) is 1. The summed E-state index contributed by atoms with van der Waals surface area (Å²) in [7, 11) is 6.09. The van der Waals surface area contributed by atoms with E-state index in [1.807, 2.05) is 38.1 Å². The molecule has 8 heteroatoms. The lowest BCUT2D eigenvalue weighted by Crippen LogP contribution is -2.33. The Hall–Kier alpha value is -4.46. The van der Waals surface area contributed by atoms with Crippen molar-refractivity contribution in [1.29, 1.82) is 0 Å². The Morgan fingerprint density at radius 2 is 1.54 bits per heavy atom. The number of aryl methyl sites for hydroxylation is 2. The largest absolute Gasteiger partial charge is 0.497 e. The van der Waals surface area contributed by atoms with Gasteiger partial charge in [-0.15, -0.1) is 0 Å². The van der Waals surface area contributed by atoms with Crippen LogP contribution in [-0.2, 0) is 6.54 Å². The van der Waals surface area contributed by atoms with Gasteiger partial charge in [-0.1, -0.05) is 17.7 Å². The molecule has 0 bridgehead atoms. The van der Waals surface area contributed by atoms with Crippen molar-refractivity contribution < 1.29 is 23.7 Å². The molecule has 1 aromatic heterocycles. The van der Waals surface area contributed by atoms with Crippen molar-refractivity contribution in [2.24, 2.45) is 0 Å². The molecule has 3 aromatic carbocycles. The van der Waals surface area contributed by atoms with E-state index in [0.29, 0.717) is 45.3 Å². The molecule has 0 unspecified atom stereocenters. The summed E-state index contributed by atoms with van der Waals surface area (Å²) in [6.45, 7) is 3.97. The zero-order valence-corrected chi connectivity index (χ0v) is 21.8. The number of pyridine rings is 1. The summed E-state index contributed by atoms with van der Waals surface area (Å²) in [6, 6.07) is 16.3. The van der Waals surface area contributed by atoms with Gasteiger partial charge < -0.3 is 28.8 Å². The summed E-state index contributed by atoms with van der Waals surface area (Å²) < 4.78 is 21.7. The Kier molecular flexibility index (Phi) is 7.38. The van der Waals surface area contributed by atoms with Gasteiger partial charge in [0.25, 0.3) is 11.5 Å². The number of aromatic nitrogens is 1. The molecular formula is C29H30N2O6. The van der Waals surface area contributed by atoms with Crippen LogP contribution >= 0.6 is 0 Å². The number of hydrogen-bond donors (Lipinski definition) is 1. The Balaban J connectivity index is 1.86. The third-order valence-electron chi connectivity index (χ3n) is 6.26. The number of carbonyl (C=O) groups is 1. The number of nitrogens with one attached hydrogen (secondary N) is 1. The van der Waals surface area contributed by atoms with E-state index < -0.39 is 0 Å². The first-order valence-electron chi connectivity index (χ1n) is 11.7. The fourth-order valence-corrected chi connectivity index (χ4v) is 4.38. The summed E-state index contributed by atoms with van der Waals surface area (Å²) in [4.78, 5) is 31.6. The summed E-state index contributed by atoms with van der Waals surface area (Å²) in [6.07, 6.45) is 0. The van der Waals surface area contributed by atoms with Gasteiger partial charge >= 0.3 is 0 Å². The van der Waals surface area contributed by atoms with Gasteiger partial charge in [-0.2, -0.15) is 0 Å². The van der Waals surface area contributed by atoms with Gasteiger partial charge in [0.1, 0.15) is 5.75 Å². The zero-order chi connectivity index (χ0) is 26.7. The third kappa shape index (κ3) is 5.09. The van der Waals surface area contributed by atoms with Gasteiger partial charge in [-0.25, -0.2) is 0 Å². The molecule has 0 saturated heterocycles. The number of methoxy groups -OCH3 is 4. The molecule has 0 aliphatic heterocycles. The molecule has 0 radical (unpaired) electrons. The summed E-state index contributed by atoms with van der Waals surface area (Å²) in [5.74, 6) is 1.46. The van der Waals surface area contributed by atoms with Crippen LogP contribution in [0, 0.1) is 13.8 Å². The van der Waals surface area contributed by atoms with E-state index in [1.54, 1.807) is 42.3 Å². The minimum atomic E-state index is -0.323. The fourth-order valence-electron chi connectivity index (χ4n) is 4.38. The SMILES string of the molecule is COc1ccc2[nH]c(=O)c(CN(C(=O)c3cc(OC)c(OC)c(OC)c3)c3ccc(C)cc3C)cc2c1. The molecule has 0 aliphatic rings. The number of rotatable bonds is 8. The molecule has 192 valence electrons. The zero-order valence-electron chi connectivity index (χ0n) is 21.8. The van der Waals surface area contributed by atoms with Crippen molar-refractivity contribution in [2.75, 3.05) is 33.3 Å². The average Bonchev–Trinajstić information content (AvgIpc) is 2.90. The van der Waals surface area contributed by atoms with Crippen LogP contribution in [0.3, 0.4) is 0 Å². The van der Waals surface area contributed by atoms with Gasteiger partial charge in [-0.05, 0) is 61.9 Å². The Labute approximate surface area is 215 Å². The highest BCUT2D eigenvalue weighted by molar-refractivity contribution is 6.07. The molecular weight excluding hydrogens is 472 g/mol. The lowest BCUT2D eigenvalue weighted by atomic mass is 10.1. The van der Waals surface area contributed by atoms with Crippen molar-refractivity contribution >= 4 is 22.5 Å². The van der Waals surface area contributed by atoms with Crippen molar-refractivity contribution in [1.82, 2.24) is 4.98 Å². The van der Waals surface area contributed by atoms with E-state index in [2.05, 4.69) is 4.98 Å². The lowest BCUT2D eigenvalue weighted by molar-refractivity contribution is 0.0984. The molecule has 0 fully saturated rings. The number of ether oxygens (including phenoxy) is 4. The van der Waals surface area contributed by atoms with Crippen molar-refractivity contribution in [2.45, 2.75) is 20.4 Å². The second-order valence-electron chi connectivity index (χ2n) is 8.67. The van der Waals surface area contributed by atoms with E-state index >= 15 is 0 Å². The molecule has 8 nitrogen and oxygen atoms in total. The Bertz CT molecular complexity index is 1500. The van der Waals surface area contributed by atoms with Crippen LogP contribution < -0.4 is 29.4 Å². The van der Waals surface area contributed by atoms with E-state index in [1.165, 1.54) is 21.3 Å². The number of H-pyrrole nitrogens is 1. The van der Waals surface area contributed by atoms with Crippen LogP contribution in [0.1, 0.15) is 27.0 Å². The molecule has 1 N–H and O–H groups in total. The smallest absolute Gasteiger partial charge is 0.258 e. The van der Waals surface area contributed by atoms with Gasteiger partial charge in [-0.3, -0.25) is 9.59 Å². The molecule has 1 heterocycles. The summed E-state index contributed by atoms with van der Waals surface area (Å²) in [5.41, 5.74) is 3.83. The maximum atomic E-state index is 14.0. The quantitative estimate of drug-likeness (QED) is 0.364. The van der Waals surface area contributed by atoms with Crippen LogP contribution in [0.25, 0.3) is 10.9 Å². The maximum Gasteiger partial charge on any atom is 0.258 e.